The maximum absolute atomic E-state index is 12.9. The molecule has 3 rings (SSSR count). The van der Waals surface area contributed by atoms with E-state index in [1.54, 1.807) is 48.8 Å². The molecule has 2 heterocycles. The SMILES string of the molecule is CC(=O)c1cccc(N(C(=O)Nc2ccncc2)C2=NCC(C)S2)c1. The zero-order chi connectivity index (χ0) is 17.8. The molecule has 1 aliphatic rings. The van der Waals surface area contributed by atoms with Gasteiger partial charge in [-0.3, -0.25) is 14.8 Å². The Hall–Kier alpha value is -2.67. The molecule has 2 aromatic rings. The molecule has 1 aromatic heterocycles. The molecular weight excluding hydrogens is 336 g/mol. The largest absolute Gasteiger partial charge is 0.332 e. The van der Waals surface area contributed by atoms with Crippen LogP contribution in [0.1, 0.15) is 24.2 Å². The number of ketones is 1. The summed E-state index contributed by atoms with van der Waals surface area (Å²) >= 11 is 1.54. The number of thioether (sulfide) groups is 1. The van der Waals surface area contributed by atoms with Crippen LogP contribution < -0.4 is 10.2 Å². The third-order valence-corrected chi connectivity index (χ3v) is 4.70. The molecule has 1 unspecified atom stereocenters. The predicted octanol–water partition coefficient (Wildman–Crippen LogP) is 3.81. The van der Waals surface area contributed by atoms with Crippen LogP contribution in [0.25, 0.3) is 0 Å². The van der Waals surface area contributed by atoms with E-state index in [1.807, 2.05) is 0 Å². The van der Waals surface area contributed by atoms with Gasteiger partial charge in [-0.25, -0.2) is 9.69 Å². The maximum Gasteiger partial charge on any atom is 0.332 e. The smallest absolute Gasteiger partial charge is 0.307 e. The zero-order valence-electron chi connectivity index (χ0n) is 14.0. The van der Waals surface area contributed by atoms with E-state index in [-0.39, 0.29) is 11.8 Å². The van der Waals surface area contributed by atoms with Gasteiger partial charge in [0.15, 0.2) is 11.0 Å². The number of rotatable bonds is 3. The van der Waals surface area contributed by atoms with Crippen LogP contribution in [0.2, 0.25) is 0 Å². The number of carbonyl (C=O) groups excluding carboxylic acids is 2. The average molecular weight is 354 g/mol. The Kier molecular flexibility index (Phi) is 5.14. The third kappa shape index (κ3) is 4.06. The van der Waals surface area contributed by atoms with Crippen LogP contribution in [0.4, 0.5) is 16.2 Å². The molecule has 0 fully saturated rings. The van der Waals surface area contributed by atoms with Crippen molar-refractivity contribution in [1.29, 1.82) is 0 Å². The van der Waals surface area contributed by atoms with Crippen LogP contribution in [0.3, 0.4) is 0 Å². The summed E-state index contributed by atoms with van der Waals surface area (Å²) in [6, 6.07) is 10.1. The van der Waals surface area contributed by atoms with E-state index >= 15 is 0 Å². The van der Waals surface area contributed by atoms with Gasteiger partial charge in [0.05, 0.1) is 12.2 Å². The Labute approximate surface area is 150 Å². The molecule has 0 saturated heterocycles. The predicted molar refractivity (Wildman–Crippen MR) is 102 cm³/mol. The van der Waals surface area contributed by atoms with Crippen molar-refractivity contribution < 1.29 is 9.59 Å². The average Bonchev–Trinajstić information content (AvgIpc) is 3.02. The van der Waals surface area contributed by atoms with Crippen molar-refractivity contribution in [3.8, 4) is 0 Å². The van der Waals surface area contributed by atoms with Crippen LogP contribution in [0.15, 0.2) is 53.8 Å². The molecule has 6 nitrogen and oxygen atoms in total. The number of anilines is 2. The van der Waals surface area contributed by atoms with Gasteiger partial charge in [-0.1, -0.05) is 30.8 Å². The lowest BCUT2D eigenvalue weighted by molar-refractivity contribution is 0.101. The third-order valence-electron chi connectivity index (χ3n) is 3.63. The number of nitrogens with zero attached hydrogens (tertiary/aromatic N) is 3. The number of benzene rings is 1. The lowest BCUT2D eigenvalue weighted by Gasteiger charge is -2.23. The number of pyridine rings is 1. The molecule has 25 heavy (non-hydrogen) atoms. The molecule has 2 amide bonds. The summed E-state index contributed by atoms with van der Waals surface area (Å²) in [6.45, 7) is 4.22. The van der Waals surface area contributed by atoms with Gasteiger partial charge >= 0.3 is 6.03 Å². The molecule has 128 valence electrons. The summed E-state index contributed by atoms with van der Waals surface area (Å²) in [4.78, 5) is 34.5. The van der Waals surface area contributed by atoms with Crippen LogP contribution >= 0.6 is 11.8 Å². The van der Waals surface area contributed by atoms with Gasteiger partial charge in [-0.05, 0) is 31.2 Å². The first-order valence-electron chi connectivity index (χ1n) is 7.88. The molecule has 0 radical (unpaired) electrons. The number of Topliss-reactive ketones (excluding diaryl/α,β-unsaturated/α-hetero) is 1. The number of aromatic nitrogens is 1. The summed E-state index contributed by atoms with van der Waals surface area (Å²) in [6.07, 6.45) is 3.22. The summed E-state index contributed by atoms with van der Waals surface area (Å²) in [7, 11) is 0. The minimum Gasteiger partial charge on any atom is -0.307 e. The van der Waals surface area contributed by atoms with Crippen molar-refractivity contribution in [2.24, 2.45) is 4.99 Å². The number of aliphatic imine (C=N–C) groups is 1. The van der Waals surface area contributed by atoms with Crippen molar-refractivity contribution in [2.75, 3.05) is 16.8 Å². The molecule has 0 aliphatic carbocycles. The maximum atomic E-state index is 12.9. The van der Waals surface area contributed by atoms with Crippen LogP contribution in [-0.2, 0) is 0 Å². The first-order valence-corrected chi connectivity index (χ1v) is 8.76. The number of hydrogen-bond acceptors (Lipinski definition) is 5. The van der Waals surface area contributed by atoms with Crippen LogP contribution in [0.5, 0.6) is 0 Å². The Bertz CT molecular complexity index is 823. The van der Waals surface area contributed by atoms with Crippen LogP contribution in [-0.4, -0.2) is 33.8 Å². The second-order valence-electron chi connectivity index (χ2n) is 5.66. The van der Waals surface area contributed by atoms with E-state index in [0.717, 1.165) is 0 Å². The van der Waals surface area contributed by atoms with Gasteiger partial charge in [-0.2, -0.15) is 0 Å². The Morgan fingerprint density at radius 1 is 1.24 bits per heavy atom. The summed E-state index contributed by atoms with van der Waals surface area (Å²) in [5.74, 6) is -0.0503. The van der Waals surface area contributed by atoms with Gasteiger partial charge in [0.1, 0.15) is 0 Å². The van der Waals surface area contributed by atoms with E-state index in [9.17, 15) is 9.59 Å². The van der Waals surface area contributed by atoms with Crippen molar-refractivity contribution in [1.82, 2.24) is 4.98 Å². The van der Waals surface area contributed by atoms with E-state index in [1.165, 1.54) is 23.6 Å². The fourth-order valence-corrected chi connectivity index (χ4v) is 3.33. The van der Waals surface area contributed by atoms with E-state index in [4.69, 9.17) is 0 Å². The standard InChI is InChI=1S/C18H18N4O2S/c1-12-11-20-18(25-12)22(16-5-3-4-14(10-16)13(2)23)17(24)21-15-6-8-19-9-7-15/h3-10,12H,11H2,1-2H3,(H,19,21,24). The summed E-state index contributed by atoms with van der Waals surface area (Å²) in [5, 5.41) is 3.78. The van der Waals surface area contributed by atoms with Gasteiger partial charge in [0, 0.05) is 28.9 Å². The molecule has 1 aromatic carbocycles. The van der Waals surface area contributed by atoms with Crippen molar-refractivity contribution >= 4 is 40.1 Å². The highest BCUT2D eigenvalue weighted by Crippen LogP contribution is 2.28. The lowest BCUT2D eigenvalue weighted by Crippen LogP contribution is -2.38. The second-order valence-corrected chi connectivity index (χ2v) is 7.07. The number of nitrogens with one attached hydrogen (secondary N) is 1. The fourth-order valence-electron chi connectivity index (χ4n) is 2.38. The monoisotopic (exact) mass is 354 g/mol. The van der Waals surface area contributed by atoms with Gasteiger partial charge in [0.2, 0.25) is 0 Å². The van der Waals surface area contributed by atoms with Crippen LogP contribution in [0, 0.1) is 0 Å². The molecule has 0 bridgehead atoms. The Morgan fingerprint density at radius 3 is 2.64 bits per heavy atom. The van der Waals surface area contributed by atoms with Crippen molar-refractivity contribution in [3.05, 3.63) is 54.4 Å². The minimum absolute atomic E-state index is 0.0503. The van der Waals surface area contributed by atoms with E-state index < -0.39 is 0 Å². The molecular formula is C18H18N4O2S. The number of urea groups is 1. The summed E-state index contributed by atoms with van der Waals surface area (Å²) < 4.78 is 0. The molecule has 1 N–H and O–H groups in total. The first kappa shape index (κ1) is 17.2. The minimum atomic E-state index is -0.327. The fraction of sp³-hybridized carbons (Fsp3) is 0.222. The Balaban J connectivity index is 1.94. The summed E-state index contributed by atoms with van der Waals surface area (Å²) in [5.41, 5.74) is 1.81. The number of hydrogen-bond donors (Lipinski definition) is 1. The van der Waals surface area contributed by atoms with Gasteiger partial charge in [0.25, 0.3) is 0 Å². The molecule has 7 heteroatoms. The van der Waals surface area contributed by atoms with E-state index in [2.05, 4.69) is 22.2 Å². The van der Waals surface area contributed by atoms with Crippen molar-refractivity contribution in [2.45, 2.75) is 19.1 Å². The number of amides is 2. The molecule has 1 aliphatic heterocycles. The van der Waals surface area contributed by atoms with E-state index in [0.29, 0.717) is 33.9 Å². The first-order chi connectivity index (χ1) is 12.0. The zero-order valence-corrected chi connectivity index (χ0v) is 14.8. The van der Waals surface area contributed by atoms with Gasteiger partial charge < -0.3 is 5.32 Å². The molecule has 1 atom stereocenters. The quantitative estimate of drug-likeness (QED) is 0.851. The Morgan fingerprint density at radius 2 is 2.00 bits per heavy atom. The number of amidine groups is 1. The second kappa shape index (κ2) is 7.48. The molecule has 0 spiro atoms. The normalized spacial score (nSPS) is 16.2. The highest BCUT2D eigenvalue weighted by atomic mass is 32.2. The number of carbonyl (C=O) groups is 2. The lowest BCUT2D eigenvalue weighted by atomic mass is 10.1. The topological polar surface area (TPSA) is 74.7 Å². The molecule has 0 saturated carbocycles. The van der Waals surface area contributed by atoms with Gasteiger partial charge in [-0.15, -0.1) is 0 Å². The van der Waals surface area contributed by atoms with Crippen molar-refractivity contribution in [3.63, 3.8) is 0 Å². The highest BCUT2D eigenvalue weighted by molar-refractivity contribution is 8.15. The highest BCUT2D eigenvalue weighted by Gasteiger charge is 2.27.